The number of Topliss-reactive ketones (excluding diaryl/α,β-unsaturated/α-hetero) is 2. The third-order valence-electron chi connectivity index (χ3n) is 4.47. The first kappa shape index (κ1) is 17.8. The van der Waals surface area contributed by atoms with Crippen LogP contribution in [0.4, 0.5) is 0 Å². The van der Waals surface area contributed by atoms with E-state index in [0.29, 0.717) is 23.0 Å². The predicted octanol–water partition coefficient (Wildman–Crippen LogP) is 1.99. The van der Waals surface area contributed by atoms with Gasteiger partial charge in [-0.05, 0) is 24.3 Å². The van der Waals surface area contributed by atoms with Crippen LogP contribution in [0.5, 0.6) is 23.0 Å². The maximum absolute atomic E-state index is 12.9. The molecule has 0 amide bonds. The Morgan fingerprint density at radius 3 is 1.54 bits per heavy atom. The Kier molecular flexibility index (Phi) is 4.33. The third-order valence-corrected chi connectivity index (χ3v) is 4.47. The molecule has 0 aliphatic heterocycles. The third kappa shape index (κ3) is 2.32. The average molecular weight is 358 g/mol. The highest BCUT2D eigenvalue weighted by molar-refractivity contribution is 6.32. The summed E-state index contributed by atoms with van der Waals surface area (Å²) in [6.45, 7) is 0. The number of carbonyl (C=O) groups excluding carboxylic acids is 2. The van der Waals surface area contributed by atoms with E-state index >= 15 is 0 Å². The van der Waals surface area contributed by atoms with Gasteiger partial charge in [0.15, 0.2) is 23.0 Å². The van der Waals surface area contributed by atoms with Gasteiger partial charge in [0.2, 0.25) is 17.2 Å². The summed E-state index contributed by atoms with van der Waals surface area (Å²) in [6.07, 6.45) is 0. The van der Waals surface area contributed by atoms with E-state index in [1.54, 1.807) is 0 Å². The molecule has 0 atom stereocenters. The predicted molar refractivity (Wildman–Crippen MR) is 91.6 cm³/mol. The highest BCUT2D eigenvalue weighted by atomic mass is 16.5. The number of aliphatic hydroxyl groups is 1. The molecule has 1 aliphatic carbocycles. The zero-order chi connectivity index (χ0) is 19.1. The number of hydrogen-bond donors (Lipinski definition) is 1. The second-order valence-electron chi connectivity index (χ2n) is 5.69. The minimum atomic E-state index is -2.35. The molecule has 1 aliphatic rings. The molecule has 7 nitrogen and oxygen atoms in total. The van der Waals surface area contributed by atoms with Crippen molar-refractivity contribution in [1.82, 2.24) is 0 Å². The van der Waals surface area contributed by atoms with E-state index in [1.165, 1.54) is 58.8 Å². The van der Waals surface area contributed by atoms with Crippen molar-refractivity contribution in [3.05, 3.63) is 47.0 Å². The summed E-state index contributed by atoms with van der Waals surface area (Å²) in [5, 5.41) is 11.1. The fraction of sp³-hybridized carbons (Fsp3) is 0.263. The largest absolute Gasteiger partial charge is 0.493 e. The molecular weight excluding hydrogens is 340 g/mol. The summed E-state index contributed by atoms with van der Waals surface area (Å²) in [4.78, 5) is 25.8. The van der Waals surface area contributed by atoms with Gasteiger partial charge in [-0.25, -0.2) is 0 Å². The maximum Gasteiger partial charge on any atom is 0.216 e. The standard InChI is InChI=1S/C19H18O7/c1-23-13-6-5-10(7-14(13)24-2)19(22)17(20)11-8-15(25-3)16(26-4)9-12(11)18(19)21/h5-9,22H,1-4H3. The monoisotopic (exact) mass is 358 g/mol. The van der Waals surface area contributed by atoms with Crippen LogP contribution in [0.25, 0.3) is 0 Å². The van der Waals surface area contributed by atoms with Crippen LogP contribution in [0.1, 0.15) is 26.3 Å². The Labute approximate surface area is 150 Å². The molecule has 0 unspecified atom stereocenters. The number of methoxy groups -OCH3 is 4. The zero-order valence-corrected chi connectivity index (χ0v) is 14.8. The summed E-state index contributed by atoms with van der Waals surface area (Å²) < 4.78 is 20.7. The fourth-order valence-corrected chi connectivity index (χ4v) is 3.07. The van der Waals surface area contributed by atoms with Crippen LogP contribution in [0.2, 0.25) is 0 Å². The van der Waals surface area contributed by atoms with Crippen molar-refractivity contribution in [2.75, 3.05) is 28.4 Å². The van der Waals surface area contributed by atoms with Gasteiger partial charge in [-0.2, -0.15) is 0 Å². The van der Waals surface area contributed by atoms with Crippen LogP contribution in [0, 0.1) is 0 Å². The Bertz CT molecular complexity index is 858. The summed E-state index contributed by atoms with van der Waals surface area (Å²) >= 11 is 0. The molecule has 0 saturated heterocycles. The molecule has 0 heterocycles. The first-order valence-electron chi connectivity index (χ1n) is 7.72. The molecule has 2 aromatic carbocycles. The summed E-state index contributed by atoms with van der Waals surface area (Å²) in [5.41, 5.74) is -2.10. The summed E-state index contributed by atoms with van der Waals surface area (Å²) in [5.74, 6) is -0.159. The van der Waals surface area contributed by atoms with Crippen molar-refractivity contribution in [1.29, 1.82) is 0 Å². The van der Waals surface area contributed by atoms with Crippen molar-refractivity contribution >= 4 is 11.6 Å². The lowest BCUT2D eigenvalue weighted by molar-refractivity contribution is 0.0320. The van der Waals surface area contributed by atoms with Crippen LogP contribution >= 0.6 is 0 Å². The Morgan fingerprint density at radius 1 is 0.692 bits per heavy atom. The van der Waals surface area contributed by atoms with E-state index in [4.69, 9.17) is 18.9 Å². The highest BCUT2D eigenvalue weighted by Crippen LogP contribution is 2.43. The molecule has 0 radical (unpaired) electrons. The minimum absolute atomic E-state index is 0.0740. The van der Waals surface area contributed by atoms with Gasteiger partial charge in [0, 0.05) is 16.7 Å². The second-order valence-corrected chi connectivity index (χ2v) is 5.69. The SMILES string of the molecule is COc1ccc(C2(O)C(=O)c3cc(OC)c(OC)cc3C2=O)cc1OC. The molecule has 3 rings (SSSR count). The van der Waals surface area contributed by atoms with Gasteiger partial charge in [-0.3, -0.25) is 9.59 Å². The normalized spacial score (nSPS) is 14.8. The molecule has 2 aromatic rings. The summed E-state index contributed by atoms with van der Waals surface area (Å²) in [6, 6.07) is 7.18. The quantitative estimate of drug-likeness (QED) is 0.817. The van der Waals surface area contributed by atoms with Crippen LogP contribution in [-0.2, 0) is 5.60 Å². The van der Waals surface area contributed by atoms with Gasteiger partial charge in [0.1, 0.15) is 0 Å². The van der Waals surface area contributed by atoms with Gasteiger partial charge in [-0.1, -0.05) is 6.07 Å². The number of carbonyl (C=O) groups is 2. The molecule has 0 saturated carbocycles. The zero-order valence-electron chi connectivity index (χ0n) is 14.8. The fourth-order valence-electron chi connectivity index (χ4n) is 3.07. The van der Waals surface area contributed by atoms with E-state index in [9.17, 15) is 14.7 Å². The minimum Gasteiger partial charge on any atom is -0.493 e. The Balaban J connectivity index is 2.17. The smallest absolute Gasteiger partial charge is 0.216 e. The lowest BCUT2D eigenvalue weighted by Gasteiger charge is -2.20. The second kappa shape index (κ2) is 6.34. The molecule has 0 aromatic heterocycles. The number of ether oxygens (including phenoxy) is 4. The molecule has 0 bridgehead atoms. The topological polar surface area (TPSA) is 91.3 Å². The molecule has 1 N–H and O–H groups in total. The molecular formula is C19H18O7. The summed E-state index contributed by atoms with van der Waals surface area (Å²) in [7, 11) is 5.74. The van der Waals surface area contributed by atoms with Gasteiger partial charge in [-0.15, -0.1) is 0 Å². The van der Waals surface area contributed by atoms with Crippen molar-refractivity contribution in [3.8, 4) is 23.0 Å². The van der Waals surface area contributed by atoms with Crippen LogP contribution in [0.15, 0.2) is 30.3 Å². The highest BCUT2D eigenvalue weighted by Gasteiger charge is 2.54. The lowest BCUT2D eigenvalue weighted by atomic mass is 9.88. The van der Waals surface area contributed by atoms with E-state index in [1.807, 2.05) is 0 Å². The molecule has 136 valence electrons. The van der Waals surface area contributed by atoms with Gasteiger partial charge >= 0.3 is 0 Å². The average Bonchev–Trinajstić information content (AvgIpc) is 2.87. The Hall–Kier alpha value is -3.06. The first-order valence-corrected chi connectivity index (χ1v) is 7.72. The van der Waals surface area contributed by atoms with Crippen molar-refractivity contribution in [2.45, 2.75) is 5.60 Å². The van der Waals surface area contributed by atoms with Crippen LogP contribution in [-0.4, -0.2) is 45.1 Å². The van der Waals surface area contributed by atoms with E-state index in [0.717, 1.165) is 0 Å². The van der Waals surface area contributed by atoms with Crippen molar-refractivity contribution in [2.24, 2.45) is 0 Å². The van der Waals surface area contributed by atoms with Crippen molar-refractivity contribution < 1.29 is 33.6 Å². The molecule has 0 fully saturated rings. The molecule has 26 heavy (non-hydrogen) atoms. The van der Waals surface area contributed by atoms with E-state index < -0.39 is 17.2 Å². The van der Waals surface area contributed by atoms with Gasteiger partial charge < -0.3 is 24.1 Å². The molecule has 0 spiro atoms. The van der Waals surface area contributed by atoms with Crippen LogP contribution < -0.4 is 18.9 Å². The van der Waals surface area contributed by atoms with E-state index in [2.05, 4.69) is 0 Å². The number of rotatable bonds is 5. The Morgan fingerprint density at radius 2 is 1.12 bits per heavy atom. The van der Waals surface area contributed by atoms with Gasteiger partial charge in [0.05, 0.1) is 28.4 Å². The number of benzene rings is 2. The van der Waals surface area contributed by atoms with Crippen LogP contribution in [0.3, 0.4) is 0 Å². The maximum atomic E-state index is 12.9. The number of ketones is 2. The lowest BCUT2D eigenvalue weighted by Crippen LogP contribution is -2.38. The van der Waals surface area contributed by atoms with Crippen molar-refractivity contribution in [3.63, 3.8) is 0 Å². The number of hydrogen-bond acceptors (Lipinski definition) is 7. The number of fused-ring (bicyclic) bond motifs is 1. The first-order chi connectivity index (χ1) is 12.4. The molecule has 7 heteroatoms. The van der Waals surface area contributed by atoms with E-state index in [-0.39, 0.29) is 16.7 Å². The van der Waals surface area contributed by atoms with Gasteiger partial charge in [0.25, 0.3) is 0 Å².